The Bertz CT molecular complexity index is 458. The molecule has 3 rings (SSSR count). The first-order valence-corrected chi connectivity index (χ1v) is 7.27. The fourth-order valence-corrected chi connectivity index (χ4v) is 3.75. The molecule has 0 aromatic rings. The number of nitrogens with one attached hydrogen (secondary N) is 1. The van der Waals surface area contributed by atoms with Gasteiger partial charge in [-0.3, -0.25) is 4.79 Å². The van der Waals surface area contributed by atoms with Gasteiger partial charge in [-0.1, -0.05) is 19.3 Å². The maximum absolute atomic E-state index is 12.2. The van der Waals surface area contributed by atoms with E-state index in [0.717, 1.165) is 18.4 Å². The SMILES string of the molecule is CC1(C)OC(=O)C2=C1NC(=O)C[C@@H]2C1CCCCC1. The largest absolute Gasteiger partial charge is 0.450 e. The zero-order valence-corrected chi connectivity index (χ0v) is 11.6. The summed E-state index contributed by atoms with van der Waals surface area (Å²) < 4.78 is 5.44. The molecule has 0 unspecified atom stereocenters. The summed E-state index contributed by atoms with van der Waals surface area (Å²) in [6.07, 6.45) is 6.39. The minimum atomic E-state index is -0.685. The maximum atomic E-state index is 12.2. The molecule has 1 amide bonds. The van der Waals surface area contributed by atoms with Crippen molar-refractivity contribution in [1.29, 1.82) is 0 Å². The van der Waals surface area contributed by atoms with Crippen molar-refractivity contribution in [3.05, 3.63) is 11.3 Å². The summed E-state index contributed by atoms with van der Waals surface area (Å²) in [5.41, 5.74) is 0.774. The van der Waals surface area contributed by atoms with Crippen LogP contribution in [0, 0.1) is 11.8 Å². The van der Waals surface area contributed by atoms with E-state index in [-0.39, 0.29) is 17.8 Å². The Balaban J connectivity index is 1.97. The van der Waals surface area contributed by atoms with Gasteiger partial charge < -0.3 is 10.1 Å². The first-order chi connectivity index (χ1) is 8.99. The first-order valence-electron chi connectivity index (χ1n) is 7.27. The molecular weight excluding hydrogens is 242 g/mol. The van der Waals surface area contributed by atoms with Crippen molar-refractivity contribution in [3.8, 4) is 0 Å². The van der Waals surface area contributed by atoms with Gasteiger partial charge >= 0.3 is 5.97 Å². The molecule has 1 aliphatic carbocycles. The Kier molecular flexibility index (Phi) is 2.91. The normalized spacial score (nSPS) is 30.9. The van der Waals surface area contributed by atoms with Crippen molar-refractivity contribution in [1.82, 2.24) is 5.32 Å². The molecule has 0 aromatic carbocycles. The molecule has 1 fully saturated rings. The molecule has 104 valence electrons. The summed E-state index contributed by atoms with van der Waals surface area (Å²) in [6.45, 7) is 3.69. The van der Waals surface area contributed by atoms with Crippen molar-refractivity contribution in [3.63, 3.8) is 0 Å². The molecule has 19 heavy (non-hydrogen) atoms. The Morgan fingerprint density at radius 2 is 1.84 bits per heavy atom. The van der Waals surface area contributed by atoms with E-state index in [1.807, 2.05) is 13.8 Å². The van der Waals surface area contributed by atoms with Crippen LogP contribution in [0.5, 0.6) is 0 Å². The number of amides is 1. The van der Waals surface area contributed by atoms with Gasteiger partial charge in [-0.15, -0.1) is 0 Å². The summed E-state index contributed by atoms with van der Waals surface area (Å²) in [5, 5.41) is 2.86. The van der Waals surface area contributed by atoms with E-state index in [9.17, 15) is 9.59 Å². The number of carbonyl (C=O) groups excluding carboxylic acids is 2. The maximum Gasteiger partial charge on any atom is 0.337 e. The lowest BCUT2D eigenvalue weighted by molar-refractivity contribution is -0.145. The lowest BCUT2D eigenvalue weighted by atomic mass is 9.73. The van der Waals surface area contributed by atoms with Gasteiger partial charge in [0.2, 0.25) is 5.91 Å². The summed E-state index contributed by atoms with van der Waals surface area (Å²) in [4.78, 5) is 24.1. The molecule has 0 bridgehead atoms. The van der Waals surface area contributed by atoms with E-state index < -0.39 is 5.60 Å². The Morgan fingerprint density at radius 1 is 1.16 bits per heavy atom. The van der Waals surface area contributed by atoms with Gasteiger partial charge in [0.1, 0.15) is 5.60 Å². The lowest BCUT2D eigenvalue weighted by Crippen LogP contribution is -2.41. The number of hydrogen-bond donors (Lipinski definition) is 1. The second-order valence-corrected chi connectivity index (χ2v) is 6.45. The molecule has 0 spiro atoms. The quantitative estimate of drug-likeness (QED) is 0.738. The third-order valence-electron chi connectivity index (χ3n) is 4.70. The predicted molar refractivity (Wildman–Crippen MR) is 70.0 cm³/mol. The first kappa shape index (κ1) is 12.7. The van der Waals surface area contributed by atoms with Crippen LogP contribution < -0.4 is 5.32 Å². The van der Waals surface area contributed by atoms with E-state index in [1.165, 1.54) is 19.3 Å². The van der Waals surface area contributed by atoms with Crippen molar-refractivity contribution in [2.45, 2.75) is 58.0 Å². The highest BCUT2D eigenvalue weighted by molar-refractivity contribution is 5.97. The smallest absolute Gasteiger partial charge is 0.337 e. The molecule has 0 saturated heterocycles. The van der Waals surface area contributed by atoms with Crippen LogP contribution in [0.1, 0.15) is 52.4 Å². The van der Waals surface area contributed by atoms with Gasteiger partial charge in [0.25, 0.3) is 0 Å². The van der Waals surface area contributed by atoms with Crippen LogP contribution in [0.15, 0.2) is 11.3 Å². The molecule has 0 aromatic heterocycles. The highest BCUT2D eigenvalue weighted by Crippen LogP contribution is 2.44. The van der Waals surface area contributed by atoms with Crippen molar-refractivity contribution in [2.75, 3.05) is 0 Å². The van der Waals surface area contributed by atoms with Crippen LogP contribution in [0.3, 0.4) is 0 Å². The second kappa shape index (κ2) is 4.36. The molecule has 4 heteroatoms. The van der Waals surface area contributed by atoms with Crippen LogP contribution >= 0.6 is 0 Å². The molecule has 1 N–H and O–H groups in total. The van der Waals surface area contributed by atoms with Crippen LogP contribution in [0.4, 0.5) is 0 Å². The topological polar surface area (TPSA) is 55.4 Å². The van der Waals surface area contributed by atoms with Gasteiger partial charge in [-0.25, -0.2) is 4.79 Å². The summed E-state index contributed by atoms with van der Waals surface area (Å²) in [6, 6.07) is 0. The van der Waals surface area contributed by atoms with E-state index in [1.54, 1.807) is 0 Å². The molecule has 3 aliphatic rings. The molecule has 0 radical (unpaired) electrons. The Labute approximate surface area is 113 Å². The summed E-state index contributed by atoms with van der Waals surface area (Å²) in [7, 11) is 0. The number of ether oxygens (including phenoxy) is 1. The third kappa shape index (κ3) is 2.07. The van der Waals surface area contributed by atoms with Crippen LogP contribution in [-0.4, -0.2) is 17.5 Å². The van der Waals surface area contributed by atoms with Gasteiger partial charge in [-0.05, 0) is 32.6 Å². The van der Waals surface area contributed by atoms with Crippen molar-refractivity contribution in [2.24, 2.45) is 11.8 Å². The minimum Gasteiger partial charge on any atom is -0.450 e. The third-order valence-corrected chi connectivity index (χ3v) is 4.70. The summed E-state index contributed by atoms with van der Waals surface area (Å²) in [5.74, 6) is 0.334. The fraction of sp³-hybridized carbons (Fsp3) is 0.733. The fourth-order valence-electron chi connectivity index (χ4n) is 3.75. The van der Waals surface area contributed by atoms with Gasteiger partial charge in [0.15, 0.2) is 0 Å². The zero-order valence-electron chi connectivity index (χ0n) is 11.6. The highest BCUT2D eigenvalue weighted by atomic mass is 16.6. The van der Waals surface area contributed by atoms with E-state index in [0.29, 0.717) is 18.0 Å². The highest BCUT2D eigenvalue weighted by Gasteiger charge is 2.48. The van der Waals surface area contributed by atoms with Gasteiger partial charge in [0.05, 0.1) is 11.3 Å². The predicted octanol–water partition coefficient (Wildman–Crippen LogP) is 2.29. The average molecular weight is 263 g/mol. The molecular formula is C15H21NO3. The number of esters is 1. The molecule has 2 heterocycles. The lowest BCUT2D eigenvalue weighted by Gasteiger charge is -2.33. The number of hydrogen-bond acceptors (Lipinski definition) is 3. The second-order valence-electron chi connectivity index (χ2n) is 6.45. The Hall–Kier alpha value is -1.32. The van der Waals surface area contributed by atoms with Crippen molar-refractivity contribution < 1.29 is 14.3 Å². The van der Waals surface area contributed by atoms with Gasteiger partial charge in [-0.2, -0.15) is 0 Å². The van der Waals surface area contributed by atoms with Crippen LogP contribution in [0.25, 0.3) is 0 Å². The average Bonchev–Trinajstić information content (AvgIpc) is 2.60. The van der Waals surface area contributed by atoms with Crippen LogP contribution in [0.2, 0.25) is 0 Å². The molecule has 2 aliphatic heterocycles. The Morgan fingerprint density at radius 3 is 2.53 bits per heavy atom. The van der Waals surface area contributed by atoms with Crippen molar-refractivity contribution >= 4 is 11.9 Å². The standard InChI is InChI=1S/C15H21NO3/c1-15(2)13-12(14(18)19-15)10(8-11(17)16-13)9-6-4-3-5-7-9/h9-10H,3-8H2,1-2H3,(H,16,17)/t10-/m1/s1. The molecule has 1 atom stereocenters. The minimum absolute atomic E-state index is 0.0284. The molecule has 1 saturated carbocycles. The zero-order chi connectivity index (χ0) is 13.6. The van der Waals surface area contributed by atoms with E-state index in [2.05, 4.69) is 5.32 Å². The van der Waals surface area contributed by atoms with E-state index >= 15 is 0 Å². The number of rotatable bonds is 1. The monoisotopic (exact) mass is 263 g/mol. The molecule has 4 nitrogen and oxygen atoms in total. The van der Waals surface area contributed by atoms with Crippen LogP contribution in [-0.2, 0) is 14.3 Å². The number of cyclic esters (lactones) is 1. The van der Waals surface area contributed by atoms with Gasteiger partial charge in [0, 0.05) is 12.3 Å². The number of carbonyl (C=O) groups is 2. The van der Waals surface area contributed by atoms with E-state index in [4.69, 9.17) is 4.74 Å². The summed E-state index contributed by atoms with van der Waals surface area (Å²) >= 11 is 0.